The number of halogens is 3. The molecule has 0 aliphatic rings. The third-order valence-corrected chi connectivity index (χ3v) is 2.62. The molecule has 106 valence electrons. The van der Waals surface area contributed by atoms with Crippen LogP contribution in [0.5, 0.6) is 11.5 Å². The number of hydrogen-bond acceptors (Lipinski definition) is 3. The minimum Gasteiger partial charge on any atom is -0.455 e. The van der Waals surface area contributed by atoms with E-state index in [0.717, 1.165) is 11.8 Å². The zero-order valence-electron chi connectivity index (χ0n) is 10.5. The van der Waals surface area contributed by atoms with Crippen molar-refractivity contribution < 1.29 is 17.9 Å². The lowest BCUT2D eigenvalue weighted by molar-refractivity contribution is -0.142. The van der Waals surface area contributed by atoms with Gasteiger partial charge in [-0.3, -0.25) is 0 Å². The fourth-order valence-electron chi connectivity index (χ4n) is 1.70. The molecule has 0 aliphatic heterocycles. The number of nitrogens with two attached hydrogens (primary N) is 1. The smallest absolute Gasteiger partial charge is 0.437 e. The van der Waals surface area contributed by atoms with Gasteiger partial charge in [-0.25, -0.2) is 4.98 Å². The van der Waals surface area contributed by atoms with E-state index in [2.05, 4.69) is 4.98 Å². The van der Waals surface area contributed by atoms with Crippen LogP contribution in [0.1, 0.15) is 11.3 Å². The molecule has 0 saturated heterocycles. The Morgan fingerprint density at radius 2 is 1.80 bits per heavy atom. The minimum atomic E-state index is -4.55. The van der Waals surface area contributed by atoms with Crippen LogP contribution in [0, 0.1) is 0 Å². The molecule has 2 N–H and O–H groups in total. The lowest BCUT2D eigenvalue weighted by atomic mass is 10.1. The predicted molar refractivity (Wildman–Crippen MR) is 68.5 cm³/mol. The molecule has 1 aromatic heterocycles. The highest BCUT2D eigenvalue weighted by atomic mass is 19.4. The van der Waals surface area contributed by atoms with Crippen LogP contribution in [-0.2, 0) is 12.6 Å². The minimum absolute atomic E-state index is 0.313. The molecular weight excluding hydrogens is 269 g/mol. The summed E-state index contributed by atoms with van der Waals surface area (Å²) in [6.45, 7) is 0.515. The zero-order valence-corrected chi connectivity index (χ0v) is 10.5. The van der Waals surface area contributed by atoms with Gasteiger partial charge in [-0.15, -0.1) is 0 Å². The maximum Gasteiger partial charge on any atom is 0.437 e. The summed E-state index contributed by atoms with van der Waals surface area (Å²) in [5, 5.41) is 0. The molecule has 0 unspecified atom stereocenters. The van der Waals surface area contributed by atoms with Gasteiger partial charge in [0.05, 0.1) is 0 Å². The summed E-state index contributed by atoms with van der Waals surface area (Å²) < 4.78 is 43.5. The van der Waals surface area contributed by atoms with E-state index in [4.69, 9.17) is 10.5 Å². The summed E-state index contributed by atoms with van der Waals surface area (Å²) >= 11 is 0. The van der Waals surface area contributed by atoms with Crippen LogP contribution in [0.4, 0.5) is 13.2 Å². The Balaban J connectivity index is 2.22. The highest BCUT2D eigenvalue weighted by Gasteiger charge is 2.36. The molecule has 3 nitrogen and oxygen atoms in total. The molecule has 2 rings (SSSR count). The van der Waals surface area contributed by atoms with E-state index in [1.165, 1.54) is 12.1 Å². The average Bonchev–Trinajstić information content (AvgIpc) is 2.41. The van der Waals surface area contributed by atoms with E-state index in [1.54, 1.807) is 24.3 Å². The van der Waals surface area contributed by atoms with Gasteiger partial charge in [-0.2, -0.15) is 13.2 Å². The second-order valence-electron chi connectivity index (χ2n) is 4.13. The highest BCUT2D eigenvalue weighted by molar-refractivity contribution is 5.36. The van der Waals surface area contributed by atoms with Gasteiger partial charge in [0.15, 0.2) is 11.4 Å². The van der Waals surface area contributed by atoms with Crippen molar-refractivity contribution in [2.45, 2.75) is 12.6 Å². The quantitative estimate of drug-likeness (QED) is 0.935. The van der Waals surface area contributed by atoms with E-state index in [9.17, 15) is 13.2 Å². The SMILES string of the molecule is NCCc1ccc(Oc2cccnc2C(F)(F)F)cc1. The van der Waals surface area contributed by atoms with Crippen molar-refractivity contribution in [3.63, 3.8) is 0 Å². The Kier molecular flexibility index (Phi) is 4.24. The standard InChI is InChI=1S/C14H13F3N2O/c15-14(16,17)13-12(2-1-9-19-13)20-11-5-3-10(4-6-11)7-8-18/h1-6,9H,7-8,18H2. The van der Waals surface area contributed by atoms with Crippen LogP contribution < -0.4 is 10.5 Å². The van der Waals surface area contributed by atoms with E-state index >= 15 is 0 Å². The van der Waals surface area contributed by atoms with Crippen molar-refractivity contribution in [3.05, 3.63) is 53.9 Å². The van der Waals surface area contributed by atoms with Gasteiger partial charge >= 0.3 is 6.18 Å². The van der Waals surface area contributed by atoms with E-state index in [0.29, 0.717) is 18.7 Å². The number of nitrogens with zero attached hydrogens (tertiary/aromatic N) is 1. The van der Waals surface area contributed by atoms with Crippen molar-refractivity contribution in [1.29, 1.82) is 0 Å². The molecule has 0 bridgehead atoms. The highest BCUT2D eigenvalue weighted by Crippen LogP contribution is 2.36. The number of hydrogen-bond donors (Lipinski definition) is 1. The first-order valence-electron chi connectivity index (χ1n) is 6.00. The van der Waals surface area contributed by atoms with Gasteiger partial charge in [0, 0.05) is 6.20 Å². The number of rotatable bonds is 4. The molecule has 0 aliphatic carbocycles. The Hall–Kier alpha value is -2.08. The summed E-state index contributed by atoms with van der Waals surface area (Å²) in [7, 11) is 0. The van der Waals surface area contributed by atoms with Crippen molar-refractivity contribution in [1.82, 2.24) is 4.98 Å². The fraction of sp³-hybridized carbons (Fsp3) is 0.214. The molecule has 0 amide bonds. The van der Waals surface area contributed by atoms with Gasteiger partial charge in [-0.1, -0.05) is 12.1 Å². The van der Waals surface area contributed by atoms with E-state index in [-0.39, 0.29) is 5.75 Å². The van der Waals surface area contributed by atoms with Crippen molar-refractivity contribution in [3.8, 4) is 11.5 Å². The van der Waals surface area contributed by atoms with E-state index < -0.39 is 11.9 Å². The predicted octanol–water partition coefficient (Wildman–Crippen LogP) is 3.39. The van der Waals surface area contributed by atoms with Crippen LogP contribution in [0.25, 0.3) is 0 Å². The number of pyridine rings is 1. The maximum absolute atomic E-state index is 12.8. The Morgan fingerprint density at radius 3 is 2.40 bits per heavy atom. The first-order valence-corrected chi connectivity index (χ1v) is 6.00. The van der Waals surface area contributed by atoms with Gasteiger partial charge in [0.25, 0.3) is 0 Å². The molecule has 6 heteroatoms. The van der Waals surface area contributed by atoms with Crippen molar-refractivity contribution in [2.75, 3.05) is 6.54 Å². The third kappa shape index (κ3) is 3.48. The Labute approximate surface area is 114 Å². The monoisotopic (exact) mass is 282 g/mol. The molecular formula is C14H13F3N2O. The number of alkyl halides is 3. The normalized spacial score (nSPS) is 11.4. The Bertz CT molecular complexity index is 567. The largest absolute Gasteiger partial charge is 0.455 e. The molecule has 1 heterocycles. The van der Waals surface area contributed by atoms with Gasteiger partial charge in [0.2, 0.25) is 0 Å². The molecule has 0 radical (unpaired) electrons. The number of aromatic nitrogens is 1. The van der Waals surface area contributed by atoms with Crippen LogP contribution in [0.2, 0.25) is 0 Å². The molecule has 2 aromatic rings. The molecule has 0 atom stereocenters. The lowest BCUT2D eigenvalue weighted by Crippen LogP contribution is -2.09. The van der Waals surface area contributed by atoms with Crippen LogP contribution in [0.3, 0.4) is 0 Å². The van der Waals surface area contributed by atoms with Crippen LogP contribution in [0.15, 0.2) is 42.6 Å². The van der Waals surface area contributed by atoms with Crippen molar-refractivity contribution in [2.24, 2.45) is 5.73 Å². The molecule has 0 fully saturated rings. The van der Waals surface area contributed by atoms with Crippen LogP contribution in [-0.4, -0.2) is 11.5 Å². The second-order valence-corrected chi connectivity index (χ2v) is 4.13. The summed E-state index contributed by atoms with van der Waals surface area (Å²) in [4.78, 5) is 3.33. The molecule has 0 saturated carbocycles. The third-order valence-electron chi connectivity index (χ3n) is 2.62. The van der Waals surface area contributed by atoms with Gasteiger partial charge in [-0.05, 0) is 42.8 Å². The molecule has 20 heavy (non-hydrogen) atoms. The average molecular weight is 282 g/mol. The second kappa shape index (κ2) is 5.92. The lowest BCUT2D eigenvalue weighted by Gasteiger charge is -2.12. The first kappa shape index (κ1) is 14.3. The molecule has 1 aromatic carbocycles. The molecule has 0 spiro atoms. The van der Waals surface area contributed by atoms with Crippen molar-refractivity contribution >= 4 is 0 Å². The fourth-order valence-corrected chi connectivity index (χ4v) is 1.70. The summed E-state index contributed by atoms with van der Waals surface area (Å²) in [6, 6.07) is 9.39. The number of benzene rings is 1. The number of ether oxygens (including phenoxy) is 1. The summed E-state index contributed by atoms with van der Waals surface area (Å²) in [5.41, 5.74) is 5.39. The first-order chi connectivity index (χ1) is 9.50. The summed E-state index contributed by atoms with van der Waals surface area (Å²) in [6.07, 6.45) is -2.75. The van der Waals surface area contributed by atoms with Gasteiger partial charge in [0.1, 0.15) is 5.75 Å². The summed E-state index contributed by atoms with van der Waals surface area (Å²) in [5.74, 6) is 0.0100. The maximum atomic E-state index is 12.8. The van der Waals surface area contributed by atoms with Crippen LogP contribution >= 0.6 is 0 Å². The van der Waals surface area contributed by atoms with E-state index in [1.807, 2.05) is 0 Å². The van der Waals surface area contributed by atoms with Gasteiger partial charge < -0.3 is 10.5 Å². The zero-order chi connectivity index (χ0) is 14.6. The topological polar surface area (TPSA) is 48.1 Å². The Morgan fingerprint density at radius 1 is 1.10 bits per heavy atom.